The highest BCUT2D eigenvalue weighted by Crippen LogP contribution is 2.27. The molecule has 1 N–H and O–H groups in total. The van der Waals surface area contributed by atoms with E-state index in [2.05, 4.69) is 5.32 Å². The average Bonchev–Trinajstić information content (AvgIpc) is 3.08. The van der Waals surface area contributed by atoms with Gasteiger partial charge < -0.3 is 15.1 Å². The number of amides is 3. The van der Waals surface area contributed by atoms with Gasteiger partial charge in [0.25, 0.3) is 0 Å². The number of nitrogens with one attached hydrogen (secondary N) is 1. The lowest BCUT2D eigenvalue weighted by molar-refractivity contribution is -0.138. The molecule has 2 aliphatic rings. The van der Waals surface area contributed by atoms with E-state index in [1.54, 1.807) is 4.90 Å². The van der Waals surface area contributed by atoms with Crippen molar-refractivity contribution >= 4 is 34.9 Å². The average molecular weight is 384 g/mol. The standard InChI is InChI=1S/C18H26ClN3O2S/c1-13(15-7-8-16(19)25-15)20-18(24)22-11-9-21(10-12-22)17(23)14-5-3-2-4-6-14/h7-8,13-14H,2-6,9-12H2,1H3,(H,20,24). The van der Waals surface area contributed by atoms with Crippen LogP contribution in [0, 0.1) is 5.92 Å². The number of piperazine rings is 1. The number of nitrogens with zero attached hydrogens (tertiary/aromatic N) is 2. The van der Waals surface area contributed by atoms with E-state index in [0.29, 0.717) is 32.1 Å². The highest BCUT2D eigenvalue weighted by molar-refractivity contribution is 7.16. The highest BCUT2D eigenvalue weighted by atomic mass is 35.5. The lowest BCUT2D eigenvalue weighted by Gasteiger charge is -2.37. The minimum absolute atomic E-state index is 0.0631. The molecule has 25 heavy (non-hydrogen) atoms. The topological polar surface area (TPSA) is 52.7 Å². The lowest BCUT2D eigenvalue weighted by Crippen LogP contribution is -2.54. The van der Waals surface area contributed by atoms with Gasteiger partial charge >= 0.3 is 6.03 Å². The molecule has 3 rings (SSSR count). The van der Waals surface area contributed by atoms with Crippen LogP contribution in [-0.4, -0.2) is 47.9 Å². The minimum atomic E-state index is -0.0678. The lowest BCUT2D eigenvalue weighted by atomic mass is 9.88. The molecule has 1 atom stereocenters. The Hall–Kier alpha value is -1.27. The molecule has 0 bridgehead atoms. The van der Waals surface area contributed by atoms with Crippen LogP contribution in [0.4, 0.5) is 4.79 Å². The van der Waals surface area contributed by atoms with Crippen molar-refractivity contribution in [2.24, 2.45) is 5.92 Å². The maximum absolute atomic E-state index is 12.6. The first-order valence-corrected chi connectivity index (χ1v) is 10.3. The molecule has 3 amide bonds. The van der Waals surface area contributed by atoms with Crippen molar-refractivity contribution in [3.63, 3.8) is 0 Å². The van der Waals surface area contributed by atoms with Gasteiger partial charge in [0.05, 0.1) is 10.4 Å². The monoisotopic (exact) mass is 383 g/mol. The zero-order chi connectivity index (χ0) is 17.8. The fourth-order valence-corrected chi connectivity index (χ4v) is 4.71. The van der Waals surface area contributed by atoms with Crippen LogP contribution in [0.15, 0.2) is 12.1 Å². The molecule has 1 aromatic rings. The van der Waals surface area contributed by atoms with Gasteiger partial charge in [-0.1, -0.05) is 30.9 Å². The van der Waals surface area contributed by atoms with E-state index >= 15 is 0 Å². The van der Waals surface area contributed by atoms with Crippen molar-refractivity contribution in [2.45, 2.75) is 45.1 Å². The molecule has 1 unspecified atom stereocenters. The summed E-state index contributed by atoms with van der Waals surface area (Å²) >= 11 is 7.44. The van der Waals surface area contributed by atoms with Gasteiger partial charge in [0, 0.05) is 37.0 Å². The molecule has 2 heterocycles. The van der Waals surface area contributed by atoms with Crippen molar-refractivity contribution in [3.8, 4) is 0 Å². The van der Waals surface area contributed by atoms with Crippen LogP contribution in [0.3, 0.4) is 0 Å². The SMILES string of the molecule is CC(NC(=O)N1CCN(C(=O)C2CCCCC2)CC1)c1ccc(Cl)s1. The van der Waals surface area contributed by atoms with Crippen molar-refractivity contribution in [1.29, 1.82) is 0 Å². The molecule has 1 saturated heterocycles. The van der Waals surface area contributed by atoms with Crippen LogP contribution in [-0.2, 0) is 4.79 Å². The smallest absolute Gasteiger partial charge is 0.318 e. The van der Waals surface area contributed by atoms with E-state index in [9.17, 15) is 9.59 Å². The fraction of sp³-hybridized carbons (Fsp3) is 0.667. The molecule has 0 spiro atoms. The third-order valence-electron chi connectivity index (χ3n) is 5.19. The first kappa shape index (κ1) is 18.5. The Bertz CT molecular complexity index is 607. The molecule has 1 saturated carbocycles. The molecule has 5 nitrogen and oxygen atoms in total. The normalized spacial score (nSPS) is 20.4. The molecule has 0 radical (unpaired) electrons. The molecule has 1 aliphatic carbocycles. The van der Waals surface area contributed by atoms with Crippen molar-refractivity contribution < 1.29 is 9.59 Å². The van der Waals surface area contributed by atoms with Gasteiger partial charge in [-0.25, -0.2) is 4.79 Å². The molecule has 7 heteroatoms. The second kappa shape index (κ2) is 8.41. The van der Waals surface area contributed by atoms with Gasteiger partial charge in [0.1, 0.15) is 0 Å². The zero-order valence-electron chi connectivity index (χ0n) is 14.7. The molecule has 1 aromatic heterocycles. The van der Waals surface area contributed by atoms with Crippen LogP contribution in [0.25, 0.3) is 0 Å². The maximum atomic E-state index is 12.6. The number of carbonyl (C=O) groups excluding carboxylic acids is 2. The van der Waals surface area contributed by atoms with E-state index in [1.807, 2.05) is 24.0 Å². The number of hydrogen-bond acceptors (Lipinski definition) is 3. The molecule has 0 aromatic carbocycles. The van der Waals surface area contributed by atoms with Gasteiger partial charge in [0.2, 0.25) is 5.91 Å². The Morgan fingerprint density at radius 3 is 2.36 bits per heavy atom. The molecule has 1 aliphatic heterocycles. The molecule has 2 fully saturated rings. The summed E-state index contributed by atoms with van der Waals surface area (Å²) in [7, 11) is 0. The first-order chi connectivity index (χ1) is 12.0. The fourth-order valence-electron chi connectivity index (χ4n) is 3.65. The Labute approximate surface area is 158 Å². The zero-order valence-corrected chi connectivity index (χ0v) is 16.2. The molecular formula is C18H26ClN3O2S. The van der Waals surface area contributed by atoms with Crippen LogP contribution >= 0.6 is 22.9 Å². The largest absolute Gasteiger partial charge is 0.339 e. The van der Waals surface area contributed by atoms with Crippen LogP contribution in [0.1, 0.15) is 49.9 Å². The van der Waals surface area contributed by atoms with Gasteiger partial charge in [-0.05, 0) is 31.9 Å². The van der Waals surface area contributed by atoms with Gasteiger partial charge in [-0.3, -0.25) is 4.79 Å². The summed E-state index contributed by atoms with van der Waals surface area (Å²) in [6, 6.07) is 3.66. The third kappa shape index (κ3) is 4.67. The Balaban J connectivity index is 1.46. The Kier molecular flexibility index (Phi) is 6.23. The van der Waals surface area contributed by atoms with Crippen molar-refractivity contribution in [3.05, 3.63) is 21.3 Å². The summed E-state index contributed by atoms with van der Waals surface area (Å²) in [5, 5.41) is 3.02. The van der Waals surface area contributed by atoms with Crippen LogP contribution < -0.4 is 5.32 Å². The molecular weight excluding hydrogens is 358 g/mol. The number of halogens is 1. The predicted molar refractivity (Wildman–Crippen MR) is 101 cm³/mol. The van der Waals surface area contributed by atoms with E-state index in [4.69, 9.17) is 11.6 Å². The Morgan fingerprint density at radius 1 is 1.12 bits per heavy atom. The van der Waals surface area contributed by atoms with E-state index in [1.165, 1.54) is 30.6 Å². The van der Waals surface area contributed by atoms with Gasteiger partial charge in [-0.2, -0.15) is 0 Å². The summed E-state index contributed by atoms with van der Waals surface area (Å²) in [4.78, 5) is 29.8. The van der Waals surface area contributed by atoms with Crippen LogP contribution in [0.2, 0.25) is 4.34 Å². The summed E-state index contributed by atoms with van der Waals surface area (Å²) in [6.45, 7) is 4.44. The maximum Gasteiger partial charge on any atom is 0.318 e. The minimum Gasteiger partial charge on any atom is -0.339 e. The van der Waals surface area contributed by atoms with E-state index in [-0.39, 0.29) is 18.0 Å². The van der Waals surface area contributed by atoms with Gasteiger partial charge in [0.15, 0.2) is 0 Å². The summed E-state index contributed by atoms with van der Waals surface area (Å²) in [6.07, 6.45) is 5.65. The highest BCUT2D eigenvalue weighted by Gasteiger charge is 2.30. The predicted octanol–water partition coefficient (Wildman–Crippen LogP) is 3.90. The summed E-state index contributed by atoms with van der Waals surface area (Å²) < 4.78 is 0.728. The number of thiophene rings is 1. The van der Waals surface area contributed by atoms with E-state index < -0.39 is 0 Å². The van der Waals surface area contributed by atoms with Gasteiger partial charge in [-0.15, -0.1) is 11.3 Å². The number of hydrogen-bond donors (Lipinski definition) is 1. The molecule has 138 valence electrons. The second-order valence-corrected chi connectivity index (χ2v) is 8.71. The first-order valence-electron chi connectivity index (χ1n) is 9.14. The van der Waals surface area contributed by atoms with Crippen molar-refractivity contribution in [2.75, 3.05) is 26.2 Å². The number of urea groups is 1. The Morgan fingerprint density at radius 2 is 1.76 bits per heavy atom. The number of rotatable bonds is 3. The summed E-state index contributed by atoms with van der Waals surface area (Å²) in [5.41, 5.74) is 0. The number of carbonyl (C=O) groups is 2. The third-order valence-corrected chi connectivity index (χ3v) is 6.61. The second-order valence-electron chi connectivity index (χ2n) is 6.96. The summed E-state index contributed by atoms with van der Waals surface area (Å²) in [5.74, 6) is 0.499. The van der Waals surface area contributed by atoms with E-state index in [0.717, 1.165) is 22.1 Å². The van der Waals surface area contributed by atoms with Crippen molar-refractivity contribution in [1.82, 2.24) is 15.1 Å². The quantitative estimate of drug-likeness (QED) is 0.860. The van der Waals surface area contributed by atoms with Crippen LogP contribution in [0.5, 0.6) is 0 Å².